The van der Waals surface area contributed by atoms with Crippen LogP contribution in [0.15, 0.2) is 36.0 Å². The van der Waals surface area contributed by atoms with Crippen molar-refractivity contribution in [2.75, 3.05) is 6.54 Å². The third kappa shape index (κ3) is 2.93. The number of hydrogen-bond donors (Lipinski definition) is 1. The second kappa shape index (κ2) is 6.21. The molecular weight excluding hydrogens is 281 g/mol. The summed E-state index contributed by atoms with van der Waals surface area (Å²) in [7, 11) is 0. The molecule has 1 saturated heterocycles. The predicted molar refractivity (Wildman–Crippen MR) is 82.6 cm³/mol. The monoisotopic (exact) mass is 303 g/mol. The number of carbonyl (C=O) groups is 1. The van der Waals surface area contributed by atoms with Gasteiger partial charge in [-0.3, -0.25) is 4.79 Å². The molecular formula is C18H22FNO2. The second-order valence-corrected chi connectivity index (χ2v) is 6.22. The molecule has 0 bridgehead atoms. The Kier molecular flexibility index (Phi) is 4.30. The van der Waals surface area contributed by atoms with Crippen molar-refractivity contribution in [2.24, 2.45) is 5.92 Å². The highest BCUT2D eigenvalue weighted by atomic mass is 19.1. The van der Waals surface area contributed by atoms with Crippen LogP contribution in [-0.4, -0.2) is 28.4 Å². The van der Waals surface area contributed by atoms with Gasteiger partial charge in [0, 0.05) is 30.1 Å². The molecule has 3 rings (SSSR count). The highest BCUT2D eigenvalue weighted by Crippen LogP contribution is 2.40. The first-order chi connectivity index (χ1) is 10.6. The average molecular weight is 303 g/mol. The second-order valence-electron chi connectivity index (χ2n) is 6.22. The van der Waals surface area contributed by atoms with Crippen LogP contribution in [0.4, 0.5) is 4.39 Å². The maximum absolute atomic E-state index is 14.3. The normalized spacial score (nSPS) is 25.3. The molecule has 0 radical (unpaired) electrons. The van der Waals surface area contributed by atoms with E-state index in [0.29, 0.717) is 24.9 Å². The number of likely N-dealkylation sites (tertiary alicyclic amines) is 1. The minimum Gasteiger partial charge on any atom is -0.393 e. The van der Waals surface area contributed by atoms with E-state index in [1.165, 1.54) is 6.07 Å². The number of halogens is 1. The van der Waals surface area contributed by atoms with Crippen molar-refractivity contribution in [3.05, 3.63) is 47.4 Å². The van der Waals surface area contributed by atoms with Crippen LogP contribution in [0.25, 0.3) is 0 Å². The summed E-state index contributed by atoms with van der Waals surface area (Å²) in [6.07, 6.45) is 4.51. The van der Waals surface area contributed by atoms with Crippen molar-refractivity contribution in [2.45, 2.75) is 44.8 Å². The number of rotatable bonds is 4. The summed E-state index contributed by atoms with van der Waals surface area (Å²) < 4.78 is 14.3. The third-order valence-electron chi connectivity index (χ3n) is 4.61. The van der Waals surface area contributed by atoms with E-state index in [0.717, 1.165) is 18.5 Å². The van der Waals surface area contributed by atoms with Crippen molar-refractivity contribution in [3.8, 4) is 0 Å². The SMILES string of the molecule is CC=C1CC(O)CCN1C(C(=O)C1CC1)c1ccccc1F. The Hall–Kier alpha value is -1.68. The molecule has 1 aliphatic heterocycles. The molecule has 0 amide bonds. The van der Waals surface area contributed by atoms with Crippen LogP contribution in [0.3, 0.4) is 0 Å². The van der Waals surface area contributed by atoms with Crippen molar-refractivity contribution in [3.63, 3.8) is 0 Å². The molecule has 22 heavy (non-hydrogen) atoms. The summed E-state index contributed by atoms with van der Waals surface area (Å²) in [5, 5.41) is 9.87. The molecule has 2 aliphatic rings. The van der Waals surface area contributed by atoms with Gasteiger partial charge in [-0.1, -0.05) is 24.3 Å². The van der Waals surface area contributed by atoms with Gasteiger partial charge in [0.25, 0.3) is 0 Å². The standard InChI is InChI=1S/C18H22FNO2/c1-2-13-11-14(21)9-10-20(13)17(18(22)12-7-8-12)15-5-3-4-6-16(15)19/h2-6,12,14,17,21H,7-11H2,1H3. The number of Topliss-reactive ketones (excluding diaryl/α,β-unsaturated/α-hetero) is 1. The topological polar surface area (TPSA) is 40.5 Å². The van der Waals surface area contributed by atoms with E-state index in [1.54, 1.807) is 18.2 Å². The lowest BCUT2D eigenvalue weighted by Crippen LogP contribution is -2.41. The largest absolute Gasteiger partial charge is 0.393 e. The molecule has 118 valence electrons. The molecule has 3 nitrogen and oxygen atoms in total. The molecule has 1 N–H and O–H groups in total. The van der Waals surface area contributed by atoms with Gasteiger partial charge in [0.05, 0.1) is 6.10 Å². The van der Waals surface area contributed by atoms with Crippen molar-refractivity contribution in [1.82, 2.24) is 4.90 Å². The summed E-state index contributed by atoms with van der Waals surface area (Å²) >= 11 is 0. The fourth-order valence-electron chi connectivity index (χ4n) is 3.23. The number of ketones is 1. The van der Waals surface area contributed by atoms with Gasteiger partial charge in [-0.15, -0.1) is 0 Å². The fraction of sp³-hybridized carbons (Fsp3) is 0.500. The number of piperidine rings is 1. The van der Waals surface area contributed by atoms with Crippen LogP contribution in [0.5, 0.6) is 0 Å². The first-order valence-electron chi connectivity index (χ1n) is 8.00. The Bertz CT molecular complexity index is 595. The van der Waals surface area contributed by atoms with Gasteiger partial charge in [0.1, 0.15) is 11.9 Å². The Labute approximate surface area is 130 Å². The highest BCUT2D eigenvalue weighted by Gasteiger charge is 2.41. The number of nitrogens with zero attached hydrogens (tertiary/aromatic N) is 1. The van der Waals surface area contributed by atoms with E-state index in [2.05, 4.69) is 0 Å². The van der Waals surface area contributed by atoms with Crippen LogP contribution in [-0.2, 0) is 4.79 Å². The Morgan fingerprint density at radius 2 is 2.09 bits per heavy atom. The van der Waals surface area contributed by atoms with Gasteiger partial charge in [-0.2, -0.15) is 0 Å². The minimum absolute atomic E-state index is 0.0644. The minimum atomic E-state index is -0.563. The first kappa shape index (κ1) is 15.2. The van der Waals surface area contributed by atoms with Gasteiger partial charge in [-0.25, -0.2) is 4.39 Å². The van der Waals surface area contributed by atoms with Gasteiger partial charge in [0.15, 0.2) is 5.78 Å². The van der Waals surface area contributed by atoms with Crippen LogP contribution < -0.4 is 0 Å². The van der Waals surface area contributed by atoms with E-state index in [-0.39, 0.29) is 23.6 Å². The Balaban J connectivity index is 1.98. The summed E-state index contributed by atoms with van der Waals surface area (Å²) in [6.45, 7) is 2.48. The van der Waals surface area contributed by atoms with E-state index in [9.17, 15) is 14.3 Å². The maximum Gasteiger partial charge on any atom is 0.162 e. The molecule has 2 atom stereocenters. The van der Waals surface area contributed by atoms with Crippen LogP contribution >= 0.6 is 0 Å². The van der Waals surface area contributed by atoms with Crippen molar-refractivity contribution < 1.29 is 14.3 Å². The lowest BCUT2D eigenvalue weighted by molar-refractivity contribution is -0.125. The van der Waals surface area contributed by atoms with E-state index < -0.39 is 6.04 Å². The number of aliphatic hydroxyl groups is 1. The van der Waals surface area contributed by atoms with Gasteiger partial charge >= 0.3 is 0 Å². The molecule has 1 aliphatic carbocycles. The summed E-state index contributed by atoms with van der Waals surface area (Å²) in [4.78, 5) is 14.8. The van der Waals surface area contributed by atoms with E-state index >= 15 is 0 Å². The van der Waals surface area contributed by atoms with Gasteiger partial charge in [0.2, 0.25) is 0 Å². The molecule has 1 aromatic rings. The van der Waals surface area contributed by atoms with Gasteiger partial charge in [-0.05, 0) is 32.3 Å². The Morgan fingerprint density at radius 1 is 1.36 bits per heavy atom. The fourth-order valence-corrected chi connectivity index (χ4v) is 3.23. The molecule has 2 unspecified atom stereocenters. The van der Waals surface area contributed by atoms with E-state index in [1.807, 2.05) is 17.9 Å². The zero-order chi connectivity index (χ0) is 15.7. The molecule has 0 spiro atoms. The summed E-state index contributed by atoms with van der Waals surface area (Å²) in [5.41, 5.74) is 1.39. The summed E-state index contributed by atoms with van der Waals surface area (Å²) in [6, 6.07) is 5.98. The number of allylic oxidation sites excluding steroid dienone is 1. The maximum atomic E-state index is 14.3. The molecule has 2 fully saturated rings. The van der Waals surface area contributed by atoms with Crippen molar-refractivity contribution >= 4 is 5.78 Å². The third-order valence-corrected chi connectivity index (χ3v) is 4.61. The first-order valence-corrected chi connectivity index (χ1v) is 8.00. The number of hydrogen-bond acceptors (Lipinski definition) is 3. The average Bonchev–Trinajstić information content (AvgIpc) is 3.35. The van der Waals surface area contributed by atoms with Gasteiger partial charge < -0.3 is 10.0 Å². The molecule has 1 aromatic carbocycles. The lowest BCUT2D eigenvalue weighted by Gasteiger charge is -2.39. The molecule has 1 heterocycles. The van der Waals surface area contributed by atoms with E-state index in [4.69, 9.17) is 0 Å². The molecule has 0 aromatic heterocycles. The van der Waals surface area contributed by atoms with Crippen LogP contribution in [0.1, 0.15) is 44.2 Å². The van der Waals surface area contributed by atoms with Crippen molar-refractivity contribution in [1.29, 1.82) is 0 Å². The number of carbonyl (C=O) groups excluding carboxylic acids is 1. The smallest absolute Gasteiger partial charge is 0.162 e. The van der Waals surface area contributed by atoms with Crippen LogP contribution in [0.2, 0.25) is 0 Å². The lowest BCUT2D eigenvalue weighted by atomic mass is 9.93. The van der Waals surface area contributed by atoms with Crippen LogP contribution in [0, 0.1) is 11.7 Å². The Morgan fingerprint density at radius 3 is 2.73 bits per heavy atom. The quantitative estimate of drug-likeness (QED) is 0.928. The number of aliphatic hydroxyl groups excluding tert-OH is 1. The number of benzene rings is 1. The zero-order valence-electron chi connectivity index (χ0n) is 12.8. The molecule has 4 heteroatoms. The molecule has 1 saturated carbocycles. The zero-order valence-corrected chi connectivity index (χ0v) is 12.8. The highest BCUT2D eigenvalue weighted by molar-refractivity contribution is 5.89. The predicted octanol–water partition coefficient (Wildman–Crippen LogP) is 3.21. The summed E-state index contributed by atoms with van der Waals surface area (Å²) in [5.74, 6) is -0.154.